The van der Waals surface area contributed by atoms with Crippen LogP contribution in [0.15, 0.2) is 18.2 Å². The monoisotopic (exact) mass is 340 g/mol. The Morgan fingerprint density at radius 2 is 1.70 bits per heavy atom. The fraction of sp³-hybridized carbons (Fsp3) is 0.533. The van der Waals surface area contributed by atoms with Gasteiger partial charge in [-0.25, -0.2) is 4.79 Å². The molecule has 8 heteroatoms. The van der Waals surface area contributed by atoms with Gasteiger partial charge in [0.2, 0.25) is 0 Å². The molecule has 0 aromatic heterocycles. The van der Waals surface area contributed by atoms with Gasteiger partial charge in [0.15, 0.2) is 0 Å². The van der Waals surface area contributed by atoms with Crippen molar-refractivity contribution in [1.82, 2.24) is 13.5 Å². The topological polar surface area (TPSA) is 73.0 Å². The van der Waals surface area contributed by atoms with Gasteiger partial charge in [-0.05, 0) is 37.1 Å². The van der Waals surface area contributed by atoms with Crippen LogP contribution in [0.1, 0.15) is 11.1 Å². The Balaban J connectivity index is 1.95. The molecule has 1 aromatic rings. The number of nitrogens with one attached hydrogen (secondary N) is 1. The summed E-state index contributed by atoms with van der Waals surface area (Å²) in [6, 6.07) is 5.56. The highest BCUT2D eigenvalue weighted by atomic mass is 32.2. The van der Waals surface area contributed by atoms with Gasteiger partial charge in [-0.15, -0.1) is 0 Å². The number of hydrogen-bond donors (Lipinski definition) is 1. The molecule has 0 radical (unpaired) electrons. The minimum absolute atomic E-state index is 0.199. The van der Waals surface area contributed by atoms with Crippen molar-refractivity contribution in [2.24, 2.45) is 0 Å². The van der Waals surface area contributed by atoms with Gasteiger partial charge >= 0.3 is 6.03 Å². The minimum atomic E-state index is -3.41. The number of hydrogen-bond acceptors (Lipinski definition) is 3. The second-order valence-electron chi connectivity index (χ2n) is 5.91. The summed E-state index contributed by atoms with van der Waals surface area (Å²) in [6.45, 7) is 5.39. The van der Waals surface area contributed by atoms with Crippen molar-refractivity contribution in [2.45, 2.75) is 13.8 Å². The number of anilines is 1. The van der Waals surface area contributed by atoms with Crippen LogP contribution in [-0.4, -0.2) is 68.2 Å². The van der Waals surface area contributed by atoms with Crippen molar-refractivity contribution in [3.05, 3.63) is 29.3 Å². The first kappa shape index (κ1) is 17.7. The van der Waals surface area contributed by atoms with E-state index in [2.05, 4.69) is 5.32 Å². The Labute approximate surface area is 138 Å². The van der Waals surface area contributed by atoms with E-state index in [1.165, 1.54) is 28.3 Å². The third kappa shape index (κ3) is 4.01. The summed E-state index contributed by atoms with van der Waals surface area (Å²) in [7, 11) is -0.394. The molecule has 0 spiro atoms. The summed E-state index contributed by atoms with van der Waals surface area (Å²) < 4.78 is 26.7. The maximum absolute atomic E-state index is 12.3. The molecule has 1 aliphatic rings. The number of carbonyl (C=O) groups is 1. The average molecular weight is 340 g/mol. The number of amides is 2. The standard InChI is InChI=1S/C15H24N4O3S/c1-12-5-6-14(11-13(12)2)16-15(20)18-7-9-19(10-8-18)23(21,22)17(3)4/h5-6,11H,7-10H2,1-4H3,(H,16,20). The fourth-order valence-electron chi connectivity index (χ4n) is 2.37. The molecular formula is C15H24N4O3S. The van der Waals surface area contributed by atoms with Crippen molar-refractivity contribution in [3.63, 3.8) is 0 Å². The molecule has 0 aliphatic carbocycles. The largest absolute Gasteiger partial charge is 0.322 e. The minimum Gasteiger partial charge on any atom is -0.322 e. The van der Waals surface area contributed by atoms with E-state index in [1.807, 2.05) is 32.0 Å². The highest BCUT2D eigenvalue weighted by Gasteiger charge is 2.30. The molecule has 1 saturated heterocycles. The zero-order chi connectivity index (χ0) is 17.2. The van der Waals surface area contributed by atoms with E-state index in [0.717, 1.165) is 11.3 Å². The zero-order valence-electron chi connectivity index (χ0n) is 14.0. The summed E-state index contributed by atoms with van der Waals surface area (Å²) in [4.78, 5) is 13.9. The first-order valence-corrected chi connectivity index (χ1v) is 8.92. The van der Waals surface area contributed by atoms with Crippen LogP contribution in [0.5, 0.6) is 0 Å². The fourth-order valence-corrected chi connectivity index (χ4v) is 3.46. The molecule has 7 nitrogen and oxygen atoms in total. The van der Waals surface area contributed by atoms with Gasteiger partial charge in [-0.3, -0.25) is 0 Å². The number of piperazine rings is 1. The van der Waals surface area contributed by atoms with Gasteiger partial charge in [-0.2, -0.15) is 17.0 Å². The molecule has 0 saturated carbocycles. The first-order valence-electron chi connectivity index (χ1n) is 7.52. The Kier molecular flexibility index (Phi) is 5.28. The van der Waals surface area contributed by atoms with Crippen molar-refractivity contribution in [1.29, 1.82) is 0 Å². The molecule has 1 aliphatic heterocycles. The number of nitrogens with zero attached hydrogens (tertiary/aromatic N) is 3. The lowest BCUT2D eigenvalue weighted by molar-refractivity contribution is 0.182. The zero-order valence-corrected chi connectivity index (χ0v) is 14.9. The summed E-state index contributed by atoms with van der Waals surface area (Å²) in [6.07, 6.45) is 0. The lowest BCUT2D eigenvalue weighted by Crippen LogP contribution is -2.53. The van der Waals surface area contributed by atoms with Crippen molar-refractivity contribution in [2.75, 3.05) is 45.6 Å². The Morgan fingerprint density at radius 3 is 2.22 bits per heavy atom. The normalized spacial score (nSPS) is 16.7. The predicted molar refractivity (Wildman–Crippen MR) is 90.7 cm³/mol. The second kappa shape index (κ2) is 6.86. The van der Waals surface area contributed by atoms with Crippen LogP contribution >= 0.6 is 0 Å². The quantitative estimate of drug-likeness (QED) is 0.900. The molecule has 0 bridgehead atoms. The van der Waals surface area contributed by atoms with E-state index < -0.39 is 10.2 Å². The van der Waals surface area contributed by atoms with Gasteiger partial charge < -0.3 is 10.2 Å². The molecule has 1 N–H and O–H groups in total. The van der Waals surface area contributed by atoms with E-state index in [-0.39, 0.29) is 6.03 Å². The van der Waals surface area contributed by atoms with Crippen LogP contribution in [0, 0.1) is 13.8 Å². The molecule has 0 atom stereocenters. The molecule has 23 heavy (non-hydrogen) atoms. The van der Waals surface area contributed by atoms with Crippen LogP contribution in [0.2, 0.25) is 0 Å². The van der Waals surface area contributed by atoms with Crippen molar-refractivity contribution >= 4 is 21.9 Å². The third-order valence-electron chi connectivity index (χ3n) is 4.07. The summed E-state index contributed by atoms with van der Waals surface area (Å²) >= 11 is 0. The molecule has 1 heterocycles. The first-order chi connectivity index (χ1) is 10.7. The molecule has 2 rings (SSSR count). The van der Waals surface area contributed by atoms with Gasteiger partial charge in [-0.1, -0.05) is 6.07 Å². The van der Waals surface area contributed by atoms with E-state index in [4.69, 9.17) is 0 Å². The molecule has 0 unspecified atom stereocenters. The van der Waals surface area contributed by atoms with Crippen LogP contribution in [0.4, 0.5) is 10.5 Å². The van der Waals surface area contributed by atoms with Gasteiger partial charge in [0, 0.05) is 46.0 Å². The highest BCUT2D eigenvalue weighted by molar-refractivity contribution is 7.86. The molecule has 128 valence electrons. The average Bonchev–Trinajstić information content (AvgIpc) is 2.51. The van der Waals surface area contributed by atoms with Crippen molar-refractivity contribution in [3.8, 4) is 0 Å². The number of rotatable bonds is 3. The summed E-state index contributed by atoms with van der Waals surface area (Å²) in [5, 5.41) is 2.86. The number of carbonyl (C=O) groups excluding carboxylic acids is 1. The van der Waals surface area contributed by atoms with Gasteiger partial charge in [0.05, 0.1) is 0 Å². The van der Waals surface area contributed by atoms with Crippen LogP contribution in [0.3, 0.4) is 0 Å². The number of benzene rings is 1. The Hall–Kier alpha value is -1.64. The molecule has 1 aromatic carbocycles. The maximum atomic E-state index is 12.3. The van der Waals surface area contributed by atoms with Gasteiger partial charge in [0.25, 0.3) is 10.2 Å². The Morgan fingerprint density at radius 1 is 1.09 bits per heavy atom. The summed E-state index contributed by atoms with van der Waals surface area (Å²) in [5.41, 5.74) is 3.04. The SMILES string of the molecule is Cc1ccc(NC(=O)N2CCN(S(=O)(=O)N(C)C)CC2)cc1C. The van der Waals surface area contributed by atoms with Crippen molar-refractivity contribution < 1.29 is 13.2 Å². The van der Waals surface area contributed by atoms with Gasteiger partial charge in [0.1, 0.15) is 0 Å². The lowest BCUT2D eigenvalue weighted by Gasteiger charge is -2.35. The Bertz CT molecular complexity index is 680. The summed E-state index contributed by atoms with van der Waals surface area (Å²) in [5.74, 6) is 0. The van der Waals surface area contributed by atoms with Crippen LogP contribution < -0.4 is 5.32 Å². The maximum Gasteiger partial charge on any atom is 0.321 e. The van der Waals surface area contributed by atoms with E-state index in [9.17, 15) is 13.2 Å². The lowest BCUT2D eigenvalue weighted by atomic mass is 10.1. The van der Waals surface area contributed by atoms with E-state index in [0.29, 0.717) is 26.2 Å². The smallest absolute Gasteiger partial charge is 0.321 e. The van der Waals surface area contributed by atoms with Crippen LogP contribution in [0.25, 0.3) is 0 Å². The number of urea groups is 1. The molecular weight excluding hydrogens is 316 g/mol. The predicted octanol–water partition coefficient (Wildman–Crippen LogP) is 1.26. The highest BCUT2D eigenvalue weighted by Crippen LogP contribution is 2.16. The molecule has 2 amide bonds. The van der Waals surface area contributed by atoms with E-state index in [1.54, 1.807) is 4.90 Å². The van der Waals surface area contributed by atoms with E-state index >= 15 is 0 Å². The number of aryl methyl sites for hydroxylation is 2. The third-order valence-corrected chi connectivity index (χ3v) is 6.01. The van der Waals surface area contributed by atoms with Crippen LogP contribution in [-0.2, 0) is 10.2 Å². The second-order valence-corrected chi connectivity index (χ2v) is 8.05. The molecule has 1 fully saturated rings.